The quantitative estimate of drug-likeness (QED) is 0.441. The molecule has 0 radical (unpaired) electrons. The maximum absolute atomic E-state index is 10.8. The molecule has 0 saturated heterocycles. The van der Waals surface area contributed by atoms with Crippen LogP contribution in [0.3, 0.4) is 0 Å². The summed E-state index contributed by atoms with van der Waals surface area (Å²) >= 11 is 6.03. The summed E-state index contributed by atoms with van der Waals surface area (Å²) in [7, 11) is 0. The van der Waals surface area contributed by atoms with Gasteiger partial charge in [-0.2, -0.15) is 4.98 Å². The summed E-state index contributed by atoms with van der Waals surface area (Å²) in [5.74, 6) is 0.396. The molecule has 4 rings (SSSR count). The molecule has 0 amide bonds. The van der Waals surface area contributed by atoms with Crippen molar-refractivity contribution in [1.29, 1.82) is 0 Å². The third-order valence-corrected chi connectivity index (χ3v) is 4.76. The van der Waals surface area contributed by atoms with Crippen molar-refractivity contribution in [1.82, 2.24) is 15.0 Å². The van der Waals surface area contributed by atoms with Crippen LogP contribution < -0.4 is 9.47 Å². The Morgan fingerprint density at radius 2 is 1.84 bits per heavy atom. The predicted octanol–water partition coefficient (Wildman–Crippen LogP) is 5.12. The highest BCUT2D eigenvalue weighted by Crippen LogP contribution is 2.32. The first kappa shape index (κ1) is 20.6. The Labute approximate surface area is 182 Å². The number of carboxylic acids is 1. The minimum Gasteiger partial charge on any atom is -0.481 e. The van der Waals surface area contributed by atoms with Gasteiger partial charge in [0.1, 0.15) is 17.0 Å². The molecule has 0 unspecified atom stereocenters. The molecule has 1 N–H and O–H groups in total. The molecule has 158 valence electrons. The number of halogens is 1. The second kappa shape index (κ2) is 8.23. The average molecular weight is 440 g/mol. The van der Waals surface area contributed by atoms with Gasteiger partial charge in [-0.3, -0.25) is 0 Å². The van der Waals surface area contributed by atoms with Crippen molar-refractivity contribution in [2.75, 3.05) is 6.61 Å². The SMILES string of the molecule is Cc1ccc(Cl)cc1Oc1ncc2nc(-c3cc(C)c(OCC(=O)O)c(C)c3)oc2n1. The van der Waals surface area contributed by atoms with E-state index in [-0.39, 0.29) is 11.7 Å². The van der Waals surface area contributed by atoms with Gasteiger partial charge < -0.3 is 19.0 Å². The Balaban J connectivity index is 1.64. The van der Waals surface area contributed by atoms with Crippen molar-refractivity contribution < 1.29 is 23.8 Å². The molecule has 31 heavy (non-hydrogen) atoms. The maximum Gasteiger partial charge on any atom is 0.341 e. The van der Waals surface area contributed by atoms with E-state index in [1.54, 1.807) is 12.1 Å². The van der Waals surface area contributed by atoms with Gasteiger partial charge in [-0.15, -0.1) is 0 Å². The second-order valence-corrected chi connectivity index (χ2v) is 7.43. The first-order valence-electron chi connectivity index (χ1n) is 9.34. The summed E-state index contributed by atoms with van der Waals surface area (Å²) in [6, 6.07) is 9.06. The highest BCUT2D eigenvalue weighted by molar-refractivity contribution is 6.30. The lowest BCUT2D eigenvalue weighted by Crippen LogP contribution is -2.10. The predicted molar refractivity (Wildman–Crippen MR) is 114 cm³/mol. The second-order valence-electron chi connectivity index (χ2n) is 7.00. The topological polar surface area (TPSA) is 108 Å². The number of aryl methyl sites for hydroxylation is 3. The summed E-state index contributed by atoms with van der Waals surface area (Å²) in [6.45, 7) is 5.14. The highest BCUT2D eigenvalue weighted by Gasteiger charge is 2.16. The van der Waals surface area contributed by atoms with E-state index in [2.05, 4.69) is 15.0 Å². The van der Waals surface area contributed by atoms with Crippen molar-refractivity contribution in [2.24, 2.45) is 0 Å². The zero-order valence-electron chi connectivity index (χ0n) is 17.0. The maximum atomic E-state index is 10.8. The van der Waals surface area contributed by atoms with E-state index in [0.29, 0.717) is 33.5 Å². The van der Waals surface area contributed by atoms with Crippen LogP contribution >= 0.6 is 11.6 Å². The Hall–Kier alpha value is -3.65. The largest absolute Gasteiger partial charge is 0.481 e. The molecule has 0 fully saturated rings. The molecule has 2 heterocycles. The van der Waals surface area contributed by atoms with Crippen LogP contribution in [0, 0.1) is 20.8 Å². The molecule has 0 saturated carbocycles. The van der Waals surface area contributed by atoms with E-state index in [1.807, 2.05) is 39.0 Å². The van der Waals surface area contributed by atoms with Crippen molar-refractivity contribution >= 4 is 28.8 Å². The van der Waals surface area contributed by atoms with Gasteiger partial charge >= 0.3 is 12.0 Å². The highest BCUT2D eigenvalue weighted by atomic mass is 35.5. The van der Waals surface area contributed by atoms with Crippen LogP contribution in [0.5, 0.6) is 17.5 Å². The Morgan fingerprint density at radius 1 is 1.10 bits per heavy atom. The van der Waals surface area contributed by atoms with E-state index in [0.717, 1.165) is 16.7 Å². The number of nitrogens with zero attached hydrogens (tertiary/aromatic N) is 3. The number of carbonyl (C=O) groups is 1. The fourth-order valence-electron chi connectivity index (χ4n) is 3.11. The Bertz CT molecular complexity index is 1280. The first-order chi connectivity index (χ1) is 14.8. The normalized spacial score (nSPS) is 11.0. The first-order valence-corrected chi connectivity index (χ1v) is 9.72. The van der Waals surface area contributed by atoms with E-state index >= 15 is 0 Å². The van der Waals surface area contributed by atoms with Gasteiger partial charge in [0.25, 0.3) is 5.71 Å². The van der Waals surface area contributed by atoms with Crippen LogP contribution in [-0.2, 0) is 4.79 Å². The molecular formula is C22H18ClN3O5. The summed E-state index contributed by atoms with van der Waals surface area (Å²) in [4.78, 5) is 23.7. The van der Waals surface area contributed by atoms with Crippen molar-refractivity contribution in [3.8, 4) is 29.0 Å². The lowest BCUT2D eigenvalue weighted by molar-refractivity contribution is -0.139. The third kappa shape index (κ3) is 4.44. The minimum atomic E-state index is -1.04. The van der Waals surface area contributed by atoms with Gasteiger partial charge in [0, 0.05) is 10.6 Å². The third-order valence-electron chi connectivity index (χ3n) is 4.53. The van der Waals surface area contributed by atoms with Crippen LogP contribution in [0.25, 0.3) is 22.7 Å². The molecule has 9 heteroatoms. The number of hydrogen-bond donors (Lipinski definition) is 1. The zero-order valence-corrected chi connectivity index (χ0v) is 17.7. The number of benzene rings is 2. The number of hydrogen-bond acceptors (Lipinski definition) is 7. The number of aromatic nitrogens is 3. The number of carboxylic acid groups (broad SMARTS) is 1. The zero-order chi connectivity index (χ0) is 22.1. The molecular weight excluding hydrogens is 422 g/mol. The standard InChI is InChI=1S/C22H18ClN3O5/c1-11-4-5-15(23)8-17(11)30-22-24-9-16-21(26-22)31-20(25-16)14-6-12(2)19(13(3)7-14)29-10-18(27)28/h4-9H,10H2,1-3H3,(H,27,28). The molecule has 8 nitrogen and oxygen atoms in total. The van der Waals surface area contributed by atoms with Gasteiger partial charge in [0.2, 0.25) is 5.89 Å². The molecule has 2 aromatic carbocycles. The number of ether oxygens (including phenoxy) is 2. The van der Waals surface area contributed by atoms with Gasteiger partial charge in [0.05, 0.1) is 6.20 Å². The molecule has 0 aliphatic carbocycles. The fourth-order valence-corrected chi connectivity index (χ4v) is 3.27. The lowest BCUT2D eigenvalue weighted by Gasteiger charge is -2.11. The molecule has 0 bridgehead atoms. The molecule has 4 aromatic rings. The van der Waals surface area contributed by atoms with E-state index in [1.165, 1.54) is 6.20 Å². The summed E-state index contributed by atoms with van der Waals surface area (Å²) < 4.78 is 17.0. The average Bonchev–Trinajstić information content (AvgIpc) is 3.13. The van der Waals surface area contributed by atoms with Crippen LogP contribution in [0.2, 0.25) is 5.02 Å². The van der Waals surface area contributed by atoms with Crippen LogP contribution in [-0.4, -0.2) is 32.6 Å². The lowest BCUT2D eigenvalue weighted by atomic mass is 10.1. The van der Waals surface area contributed by atoms with E-state index in [4.69, 9.17) is 30.6 Å². The van der Waals surface area contributed by atoms with Gasteiger partial charge in [0.15, 0.2) is 6.61 Å². The van der Waals surface area contributed by atoms with Crippen molar-refractivity contribution in [3.05, 3.63) is 58.2 Å². The Kier molecular flexibility index (Phi) is 5.48. The van der Waals surface area contributed by atoms with E-state index in [9.17, 15) is 4.79 Å². The van der Waals surface area contributed by atoms with Gasteiger partial charge in [-0.25, -0.2) is 14.8 Å². The summed E-state index contributed by atoms with van der Waals surface area (Å²) in [5, 5.41) is 9.38. The van der Waals surface area contributed by atoms with E-state index < -0.39 is 12.6 Å². The molecule has 2 aromatic heterocycles. The van der Waals surface area contributed by atoms with Crippen LogP contribution in [0.1, 0.15) is 16.7 Å². The number of aliphatic carboxylic acids is 1. The Morgan fingerprint density at radius 3 is 2.55 bits per heavy atom. The molecule has 0 atom stereocenters. The summed E-state index contributed by atoms with van der Waals surface area (Å²) in [5.41, 5.74) is 3.90. The number of fused-ring (bicyclic) bond motifs is 1. The van der Waals surface area contributed by atoms with Crippen LogP contribution in [0.15, 0.2) is 40.9 Å². The number of rotatable bonds is 6. The summed E-state index contributed by atoms with van der Waals surface area (Å²) in [6.07, 6.45) is 1.52. The molecule has 0 spiro atoms. The smallest absolute Gasteiger partial charge is 0.341 e. The monoisotopic (exact) mass is 439 g/mol. The molecule has 0 aliphatic heterocycles. The van der Waals surface area contributed by atoms with Gasteiger partial charge in [-0.1, -0.05) is 17.7 Å². The van der Waals surface area contributed by atoms with Gasteiger partial charge in [-0.05, 0) is 61.7 Å². The number of oxazole rings is 1. The fraction of sp³-hybridized carbons (Fsp3) is 0.182. The minimum absolute atomic E-state index is 0.116. The molecule has 0 aliphatic rings. The van der Waals surface area contributed by atoms with Crippen molar-refractivity contribution in [3.63, 3.8) is 0 Å². The van der Waals surface area contributed by atoms with Crippen molar-refractivity contribution in [2.45, 2.75) is 20.8 Å². The van der Waals surface area contributed by atoms with Crippen LogP contribution in [0.4, 0.5) is 0 Å².